The summed E-state index contributed by atoms with van der Waals surface area (Å²) in [5, 5.41) is 3.00. The molecule has 1 saturated heterocycles. The molecule has 3 heterocycles. The van der Waals surface area contributed by atoms with Gasteiger partial charge in [0.1, 0.15) is 0 Å². The van der Waals surface area contributed by atoms with Gasteiger partial charge >= 0.3 is 0 Å². The van der Waals surface area contributed by atoms with E-state index in [4.69, 9.17) is 0 Å². The van der Waals surface area contributed by atoms with Crippen molar-refractivity contribution in [2.75, 3.05) is 26.2 Å². The number of pyridine rings is 1. The normalized spacial score (nSPS) is 16.0. The zero-order valence-corrected chi connectivity index (χ0v) is 13.6. The summed E-state index contributed by atoms with van der Waals surface area (Å²) in [7, 11) is 0. The van der Waals surface area contributed by atoms with Crippen LogP contribution in [0.2, 0.25) is 0 Å². The summed E-state index contributed by atoms with van der Waals surface area (Å²) >= 11 is 1.60. The molecular formula is C16H20N4OS. The van der Waals surface area contributed by atoms with Gasteiger partial charge in [-0.3, -0.25) is 14.7 Å². The predicted octanol–water partition coefficient (Wildman–Crippen LogP) is 1.73. The van der Waals surface area contributed by atoms with Crippen molar-refractivity contribution >= 4 is 17.2 Å². The largest absolute Gasteiger partial charge is 0.340 e. The number of hydrogen-bond donors (Lipinski definition) is 0. The first-order valence-electron chi connectivity index (χ1n) is 7.51. The average Bonchev–Trinajstić information content (AvgIpc) is 2.94. The lowest BCUT2D eigenvalue weighted by Gasteiger charge is -2.34. The first-order chi connectivity index (χ1) is 10.7. The maximum absolute atomic E-state index is 12.3. The Morgan fingerprint density at radius 2 is 2.14 bits per heavy atom. The van der Waals surface area contributed by atoms with Gasteiger partial charge in [0.05, 0.1) is 17.1 Å². The molecule has 5 nitrogen and oxygen atoms in total. The number of thiazole rings is 1. The topological polar surface area (TPSA) is 49.3 Å². The van der Waals surface area contributed by atoms with E-state index in [9.17, 15) is 4.79 Å². The zero-order valence-electron chi connectivity index (χ0n) is 12.7. The van der Waals surface area contributed by atoms with Crippen molar-refractivity contribution < 1.29 is 4.79 Å². The molecule has 1 aliphatic rings. The van der Waals surface area contributed by atoms with Crippen LogP contribution in [0.1, 0.15) is 16.3 Å². The molecule has 1 amide bonds. The van der Waals surface area contributed by atoms with Gasteiger partial charge in [0, 0.05) is 50.5 Å². The van der Waals surface area contributed by atoms with Gasteiger partial charge in [0.2, 0.25) is 5.91 Å². The summed E-state index contributed by atoms with van der Waals surface area (Å²) in [4.78, 5) is 25.1. The number of aryl methyl sites for hydroxylation is 1. The van der Waals surface area contributed by atoms with Crippen molar-refractivity contribution in [3.63, 3.8) is 0 Å². The minimum Gasteiger partial charge on any atom is -0.340 e. The number of carbonyl (C=O) groups is 1. The number of piperazine rings is 1. The lowest BCUT2D eigenvalue weighted by atomic mass is 10.2. The van der Waals surface area contributed by atoms with Crippen LogP contribution in [-0.4, -0.2) is 51.9 Å². The molecule has 22 heavy (non-hydrogen) atoms. The molecule has 0 radical (unpaired) electrons. The van der Waals surface area contributed by atoms with E-state index in [-0.39, 0.29) is 5.91 Å². The lowest BCUT2D eigenvalue weighted by Crippen LogP contribution is -2.48. The van der Waals surface area contributed by atoms with Crippen LogP contribution < -0.4 is 0 Å². The Hall–Kier alpha value is -1.79. The van der Waals surface area contributed by atoms with Crippen LogP contribution >= 0.6 is 11.3 Å². The van der Waals surface area contributed by atoms with E-state index in [1.807, 2.05) is 29.5 Å². The fraction of sp³-hybridized carbons (Fsp3) is 0.438. The minimum atomic E-state index is 0.186. The fourth-order valence-electron chi connectivity index (χ4n) is 2.66. The molecule has 2 aromatic heterocycles. The summed E-state index contributed by atoms with van der Waals surface area (Å²) in [5.41, 5.74) is 2.12. The summed E-state index contributed by atoms with van der Waals surface area (Å²) in [6, 6.07) is 4.06. The first kappa shape index (κ1) is 15.1. The molecule has 6 heteroatoms. The Morgan fingerprint density at radius 1 is 1.32 bits per heavy atom. The van der Waals surface area contributed by atoms with Gasteiger partial charge in [-0.25, -0.2) is 4.98 Å². The van der Waals surface area contributed by atoms with E-state index in [0.29, 0.717) is 6.42 Å². The van der Waals surface area contributed by atoms with Gasteiger partial charge < -0.3 is 4.90 Å². The summed E-state index contributed by atoms with van der Waals surface area (Å²) in [6.45, 7) is 6.29. The van der Waals surface area contributed by atoms with Crippen molar-refractivity contribution in [2.45, 2.75) is 19.9 Å². The third kappa shape index (κ3) is 3.90. The average molecular weight is 316 g/mol. The van der Waals surface area contributed by atoms with Crippen molar-refractivity contribution in [2.24, 2.45) is 0 Å². The number of aromatic nitrogens is 2. The van der Waals surface area contributed by atoms with Gasteiger partial charge in [0.25, 0.3) is 0 Å². The molecule has 0 aromatic carbocycles. The Morgan fingerprint density at radius 3 is 2.77 bits per heavy atom. The highest BCUT2D eigenvalue weighted by Crippen LogP contribution is 2.12. The molecule has 3 rings (SSSR count). The van der Waals surface area contributed by atoms with Crippen LogP contribution in [0.3, 0.4) is 0 Å². The van der Waals surface area contributed by atoms with Gasteiger partial charge in [-0.2, -0.15) is 0 Å². The van der Waals surface area contributed by atoms with Gasteiger partial charge in [-0.05, 0) is 18.6 Å². The molecule has 0 saturated carbocycles. The Balaban J connectivity index is 1.48. The van der Waals surface area contributed by atoms with Crippen LogP contribution in [0.5, 0.6) is 0 Å². The van der Waals surface area contributed by atoms with Gasteiger partial charge in [-0.15, -0.1) is 11.3 Å². The van der Waals surface area contributed by atoms with E-state index in [1.165, 1.54) is 5.56 Å². The molecule has 0 N–H and O–H groups in total. The van der Waals surface area contributed by atoms with Gasteiger partial charge in [-0.1, -0.05) is 6.07 Å². The van der Waals surface area contributed by atoms with Crippen molar-refractivity contribution in [3.8, 4) is 0 Å². The van der Waals surface area contributed by atoms with Crippen LogP contribution in [0, 0.1) is 6.92 Å². The quantitative estimate of drug-likeness (QED) is 0.862. The lowest BCUT2D eigenvalue weighted by molar-refractivity contribution is -0.132. The number of rotatable bonds is 4. The summed E-state index contributed by atoms with van der Waals surface area (Å²) in [5.74, 6) is 0.186. The highest BCUT2D eigenvalue weighted by molar-refractivity contribution is 7.09. The first-order valence-corrected chi connectivity index (χ1v) is 8.39. The van der Waals surface area contributed by atoms with Crippen LogP contribution in [0.15, 0.2) is 29.9 Å². The van der Waals surface area contributed by atoms with Crippen LogP contribution in [0.4, 0.5) is 0 Å². The minimum absolute atomic E-state index is 0.186. The van der Waals surface area contributed by atoms with E-state index in [0.717, 1.165) is 43.4 Å². The zero-order chi connectivity index (χ0) is 15.4. The van der Waals surface area contributed by atoms with Crippen LogP contribution in [0.25, 0.3) is 0 Å². The molecular weight excluding hydrogens is 296 g/mol. The fourth-order valence-corrected chi connectivity index (χ4v) is 3.27. The molecule has 0 aliphatic carbocycles. The van der Waals surface area contributed by atoms with Crippen LogP contribution in [-0.2, 0) is 17.8 Å². The number of amides is 1. The third-order valence-electron chi connectivity index (χ3n) is 3.85. The smallest absolute Gasteiger partial charge is 0.228 e. The molecule has 0 unspecified atom stereocenters. The predicted molar refractivity (Wildman–Crippen MR) is 86.6 cm³/mol. The molecule has 0 bridgehead atoms. The second-order valence-electron chi connectivity index (χ2n) is 5.55. The second kappa shape index (κ2) is 6.98. The number of carbonyl (C=O) groups excluding carboxylic acids is 1. The molecule has 1 aliphatic heterocycles. The Kier molecular flexibility index (Phi) is 4.80. The molecule has 2 aromatic rings. The summed E-state index contributed by atoms with van der Waals surface area (Å²) < 4.78 is 0. The van der Waals surface area contributed by atoms with E-state index in [2.05, 4.69) is 20.9 Å². The Bertz CT molecular complexity index is 620. The van der Waals surface area contributed by atoms with E-state index in [1.54, 1.807) is 17.5 Å². The van der Waals surface area contributed by atoms with E-state index < -0.39 is 0 Å². The SMILES string of the molecule is Cc1nc(CC(=O)N2CCN(Cc3cccnc3)CC2)cs1. The van der Waals surface area contributed by atoms with E-state index >= 15 is 0 Å². The summed E-state index contributed by atoms with van der Waals surface area (Å²) in [6.07, 6.45) is 4.12. The number of hydrogen-bond acceptors (Lipinski definition) is 5. The van der Waals surface area contributed by atoms with Crippen molar-refractivity contribution in [1.82, 2.24) is 19.8 Å². The van der Waals surface area contributed by atoms with Gasteiger partial charge in [0.15, 0.2) is 0 Å². The number of nitrogens with zero attached hydrogens (tertiary/aromatic N) is 4. The molecule has 116 valence electrons. The monoisotopic (exact) mass is 316 g/mol. The maximum atomic E-state index is 12.3. The molecule has 0 atom stereocenters. The molecule has 1 fully saturated rings. The molecule has 0 spiro atoms. The van der Waals surface area contributed by atoms with Crippen molar-refractivity contribution in [3.05, 3.63) is 46.2 Å². The standard InChI is InChI=1S/C16H20N4OS/c1-13-18-15(12-22-13)9-16(21)20-7-5-19(6-8-20)11-14-3-2-4-17-10-14/h2-4,10,12H,5-9,11H2,1H3. The second-order valence-corrected chi connectivity index (χ2v) is 6.62. The third-order valence-corrected chi connectivity index (χ3v) is 4.68. The highest BCUT2D eigenvalue weighted by atomic mass is 32.1. The highest BCUT2D eigenvalue weighted by Gasteiger charge is 2.21. The van der Waals surface area contributed by atoms with Crippen molar-refractivity contribution in [1.29, 1.82) is 0 Å². The maximum Gasteiger partial charge on any atom is 0.228 e. The Labute approximate surface area is 134 Å².